The van der Waals surface area contributed by atoms with Gasteiger partial charge in [0.1, 0.15) is 11.5 Å². The summed E-state index contributed by atoms with van der Waals surface area (Å²) in [6, 6.07) is 13.1. The molecule has 0 spiro atoms. The van der Waals surface area contributed by atoms with Crippen LogP contribution in [0.1, 0.15) is 5.56 Å². The van der Waals surface area contributed by atoms with Crippen molar-refractivity contribution in [3.8, 4) is 11.5 Å². The van der Waals surface area contributed by atoms with Crippen LogP contribution < -0.4 is 14.8 Å². The van der Waals surface area contributed by atoms with Crippen molar-refractivity contribution in [1.82, 2.24) is 0 Å². The minimum atomic E-state index is -4.70. The average Bonchev–Trinajstić information content (AvgIpc) is 2.45. The molecular weight excluding hydrogens is 283 g/mol. The summed E-state index contributed by atoms with van der Waals surface area (Å²) >= 11 is 0. The van der Waals surface area contributed by atoms with Gasteiger partial charge in [-0.05, 0) is 30.3 Å². The summed E-state index contributed by atoms with van der Waals surface area (Å²) in [5.74, 6) is 0.507. The van der Waals surface area contributed by atoms with E-state index < -0.39 is 6.36 Å². The Kier molecular flexibility index (Phi) is 4.57. The van der Waals surface area contributed by atoms with Crippen LogP contribution in [0.25, 0.3) is 0 Å². The number of hydrogen-bond donors (Lipinski definition) is 1. The molecule has 3 nitrogen and oxygen atoms in total. The van der Waals surface area contributed by atoms with E-state index in [1.54, 1.807) is 43.5 Å². The molecular formula is C15H14F3NO2. The van der Waals surface area contributed by atoms with Crippen molar-refractivity contribution in [3.63, 3.8) is 0 Å². The zero-order valence-electron chi connectivity index (χ0n) is 11.3. The number of benzene rings is 2. The van der Waals surface area contributed by atoms with Crippen molar-refractivity contribution in [2.75, 3.05) is 12.4 Å². The van der Waals surface area contributed by atoms with Gasteiger partial charge >= 0.3 is 6.36 Å². The number of nitrogens with one attached hydrogen (secondary N) is 1. The van der Waals surface area contributed by atoms with Gasteiger partial charge in [-0.1, -0.05) is 18.2 Å². The number of hydrogen-bond acceptors (Lipinski definition) is 3. The molecule has 0 aliphatic carbocycles. The number of para-hydroxylation sites is 1. The van der Waals surface area contributed by atoms with E-state index in [1.165, 1.54) is 12.1 Å². The van der Waals surface area contributed by atoms with Crippen LogP contribution in [0.15, 0.2) is 48.5 Å². The van der Waals surface area contributed by atoms with Crippen LogP contribution in [0.2, 0.25) is 0 Å². The first-order chi connectivity index (χ1) is 9.98. The van der Waals surface area contributed by atoms with Gasteiger partial charge in [-0.2, -0.15) is 0 Å². The summed E-state index contributed by atoms with van der Waals surface area (Å²) in [4.78, 5) is 0. The maximum atomic E-state index is 12.3. The van der Waals surface area contributed by atoms with E-state index in [9.17, 15) is 13.2 Å². The van der Waals surface area contributed by atoms with Gasteiger partial charge < -0.3 is 14.8 Å². The topological polar surface area (TPSA) is 30.5 Å². The largest absolute Gasteiger partial charge is 0.573 e. The van der Waals surface area contributed by atoms with E-state index in [0.717, 1.165) is 5.69 Å². The summed E-state index contributed by atoms with van der Waals surface area (Å²) in [7, 11) is 1.56. The van der Waals surface area contributed by atoms with Crippen LogP contribution in [0.3, 0.4) is 0 Å². The predicted molar refractivity (Wildman–Crippen MR) is 73.4 cm³/mol. The van der Waals surface area contributed by atoms with Crippen LogP contribution in [-0.2, 0) is 6.54 Å². The summed E-state index contributed by atoms with van der Waals surface area (Å²) in [6.45, 7) is 0.221. The molecule has 0 aliphatic rings. The van der Waals surface area contributed by atoms with E-state index in [2.05, 4.69) is 10.1 Å². The molecule has 1 N–H and O–H groups in total. The van der Waals surface area contributed by atoms with E-state index in [1.807, 2.05) is 0 Å². The number of ether oxygens (including phenoxy) is 2. The molecule has 0 saturated carbocycles. The van der Waals surface area contributed by atoms with E-state index in [-0.39, 0.29) is 12.3 Å². The lowest BCUT2D eigenvalue weighted by Crippen LogP contribution is -2.18. The Bertz CT molecular complexity index is 582. The Balaban J connectivity index is 2.05. The van der Waals surface area contributed by atoms with E-state index in [0.29, 0.717) is 11.3 Å². The third-order valence-electron chi connectivity index (χ3n) is 2.77. The average molecular weight is 297 g/mol. The van der Waals surface area contributed by atoms with Gasteiger partial charge in [0.2, 0.25) is 0 Å². The molecule has 0 atom stereocenters. The fourth-order valence-electron chi connectivity index (χ4n) is 1.78. The number of alkyl halides is 3. The lowest BCUT2D eigenvalue weighted by Gasteiger charge is -2.14. The quantitative estimate of drug-likeness (QED) is 0.897. The van der Waals surface area contributed by atoms with Gasteiger partial charge in [0, 0.05) is 17.8 Å². The SMILES string of the molecule is COc1ccc(NCc2ccccc2OC(F)(F)F)cc1. The molecule has 0 amide bonds. The Hall–Kier alpha value is -2.37. The van der Waals surface area contributed by atoms with E-state index >= 15 is 0 Å². The first-order valence-corrected chi connectivity index (χ1v) is 6.19. The fraction of sp³-hybridized carbons (Fsp3) is 0.200. The molecule has 2 aromatic rings. The molecule has 112 valence electrons. The second-order valence-electron chi connectivity index (χ2n) is 4.24. The fourth-order valence-corrected chi connectivity index (χ4v) is 1.78. The van der Waals surface area contributed by atoms with Crippen LogP contribution in [0.4, 0.5) is 18.9 Å². The van der Waals surface area contributed by atoms with Crippen molar-refractivity contribution in [1.29, 1.82) is 0 Å². The third-order valence-corrected chi connectivity index (χ3v) is 2.77. The Morgan fingerprint density at radius 3 is 2.29 bits per heavy atom. The molecule has 0 unspecified atom stereocenters. The molecule has 0 bridgehead atoms. The number of rotatable bonds is 5. The molecule has 2 rings (SSSR count). The molecule has 6 heteroatoms. The van der Waals surface area contributed by atoms with Crippen LogP contribution in [-0.4, -0.2) is 13.5 Å². The Morgan fingerprint density at radius 2 is 1.67 bits per heavy atom. The maximum absolute atomic E-state index is 12.3. The summed E-state index contributed by atoms with van der Waals surface area (Å²) < 4.78 is 46.0. The van der Waals surface area contributed by atoms with Crippen molar-refractivity contribution < 1.29 is 22.6 Å². The number of methoxy groups -OCH3 is 1. The van der Waals surface area contributed by atoms with Crippen LogP contribution >= 0.6 is 0 Å². The van der Waals surface area contributed by atoms with Gasteiger partial charge in [-0.25, -0.2) is 0 Å². The van der Waals surface area contributed by atoms with Crippen molar-refractivity contribution >= 4 is 5.69 Å². The van der Waals surface area contributed by atoms with Gasteiger partial charge in [0.25, 0.3) is 0 Å². The molecule has 0 aliphatic heterocycles. The molecule has 0 aromatic heterocycles. The van der Waals surface area contributed by atoms with E-state index in [4.69, 9.17) is 4.74 Å². The first kappa shape index (κ1) is 15.0. The highest BCUT2D eigenvalue weighted by molar-refractivity contribution is 5.47. The first-order valence-electron chi connectivity index (χ1n) is 6.19. The monoisotopic (exact) mass is 297 g/mol. The summed E-state index contributed by atoms with van der Waals surface area (Å²) in [5.41, 5.74) is 1.20. The predicted octanol–water partition coefficient (Wildman–Crippen LogP) is 4.21. The lowest BCUT2D eigenvalue weighted by atomic mass is 10.2. The van der Waals surface area contributed by atoms with Crippen LogP contribution in [0, 0.1) is 0 Å². The van der Waals surface area contributed by atoms with Crippen LogP contribution in [0.5, 0.6) is 11.5 Å². The normalized spacial score (nSPS) is 11.0. The standard InChI is InChI=1S/C15H14F3NO2/c1-20-13-8-6-12(7-9-13)19-10-11-4-2-3-5-14(11)21-15(16,17)18/h2-9,19H,10H2,1H3. The lowest BCUT2D eigenvalue weighted by molar-refractivity contribution is -0.274. The van der Waals surface area contributed by atoms with Gasteiger partial charge in [-0.3, -0.25) is 0 Å². The smallest absolute Gasteiger partial charge is 0.497 e. The zero-order valence-corrected chi connectivity index (χ0v) is 11.3. The second-order valence-corrected chi connectivity index (χ2v) is 4.24. The molecule has 21 heavy (non-hydrogen) atoms. The molecule has 0 fully saturated rings. The number of halogens is 3. The highest BCUT2D eigenvalue weighted by Gasteiger charge is 2.31. The Labute approximate surface area is 120 Å². The molecule has 0 saturated heterocycles. The minimum Gasteiger partial charge on any atom is -0.497 e. The summed E-state index contributed by atoms with van der Waals surface area (Å²) in [6.07, 6.45) is -4.70. The van der Waals surface area contributed by atoms with Gasteiger partial charge in [0.05, 0.1) is 7.11 Å². The molecule has 0 radical (unpaired) electrons. The van der Waals surface area contributed by atoms with Crippen molar-refractivity contribution in [3.05, 3.63) is 54.1 Å². The highest BCUT2D eigenvalue weighted by Crippen LogP contribution is 2.27. The van der Waals surface area contributed by atoms with Crippen molar-refractivity contribution in [2.24, 2.45) is 0 Å². The summed E-state index contributed by atoms with van der Waals surface area (Å²) in [5, 5.41) is 3.04. The third kappa shape index (κ3) is 4.59. The second kappa shape index (κ2) is 6.39. The molecule has 0 heterocycles. The Morgan fingerprint density at radius 1 is 1.00 bits per heavy atom. The number of anilines is 1. The van der Waals surface area contributed by atoms with Crippen molar-refractivity contribution in [2.45, 2.75) is 12.9 Å². The zero-order chi connectivity index (χ0) is 15.3. The van der Waals surface area contributed by atoms with Gasteiger partial charge in [-0.15, -0.1) is 13.2 Å². The maximum Gasteiger partial charge on any atom is 0.573 e. The minimum absolute atomic E-state index is 0.203. The van der Waals surface area contributed by atoms with Gasteiger partial charge in [0.15, 0.2) is 0 Å². The highest BCUT2D eigenvalue weighted by atomic mass is 19.4. The molecule has 2 aromatic carbocycles.